The first-order valence-electron chi connectivity index (χ1n) is 20.5. The van der Waals surface area contributed by atoms with E-state index in [2.05, 4.69) is 50.3 Å². The fourth-order valence-electron chi connectivity index (χ4n) is 5.38. The van der Waals surface area contributed by atoms with Gasteiger partial charge in [0, 0.05) is 13.0 Å². The molecule has 0 aromatic heterocycles. The molecule has 0 spiro atoms. The molecule has 0 saturated carbocycles. The van der Waals surface area contributed by atoms with Gasteiger partial charge in [0.15, 0.2) is 0 Å². The number of hydrogen-bond donors (Lipinski definition) is 3. The molecular weight excluding hydrogens is 667 g/mol. The van der Waals surface area contributed by atoms with E-state index in [1.165, 1.54) is 83.5 Å². The molecule has 0 heterocycles. The summed E-state index contributed by atoms with van der Waals surface area (Å²) in [6.45, 7) is 3.45. The Morgan fingerprint density at radius 3 is 1.59 bits per heavy atom. The molecule has 10 heteroatoms. The number of hydrogen-bond acceptors (Lipinski definition) is 8. The van der Waals surface area contributed by atoms with E-state index in [-0.39, 0.29) is 19.6 Å². The molecule has 0 aromatic rings. The number of allylic oxidation sites excluding steroid dienone is 6. The van der Waals surface area contributed by atoms with Crippen LogP contribution in [0, 0.1) is 0 Å². The molecule has 0 aliphatic carbocycles. The van der Waals surface area contributed by atoms with Gasteiger partial charge in [-0.3, -0.25) is 13.8 Å². The van der Waals surface area contributed by atoms with Crippen molar-refractivity contribution in [1.82, 2.24) is 0 Å². The van der Waals surface area contributed by atoms with Crippen molar-refractivity contribution in [2.75, 3.05) is 33.0 Å². The molecule has 0 rings (SSSR count). The standard InChI is InChI=1S/C41H77O9P/c1-3-5-7-9-11-13-15-17-18-19-20-22-24-26-28-30-32-34-47-37-40(38-49-51(45,46)48-36-39(43)35-42)50-41(44)33-31-29-27-25-23-21-16-14-12-10-8-6-4-2/h13-16,18-19,39-40,42-43H,3-12,17,20-38H2,1-2H3,(H,45,46)/b15-13-,16-14-,19-18-. The van der Waals surface area contributed by atoms with Gasteiger partial charge in [0.25, 0.3) is 0 Å². The summed E-state index contributed by atoms with van der Waals surface area (Å²) in [6.07, 6.45) is 39.5. The van der Waals surface area contributed by atoms with Crippen LogP contribution in [0.5, 0.6) is 0 Å². The molecule has 0 bridgehead atoms. The molecule has 3 unspecified atom stereocenters. The Labute approximate surface area is 312 Å². The third kappa shape index (κ3) is 38.2. The number of esters is 1. The Bertz CT molecular complexity index is 892. The summed E-state index contributed by atoms with van der Waals surface area (Å²) in [5.41, 5.74) is 0. The second-order valence-electron chi connectivity index (χ2n) is 13.6. The first-order chi connectivity index (χ1) is 24.8. The minimum absolute atomic E-state index is 0.0392. The maximum absolute atomic E-state index is 12.6. The van der Waals surface area contributed by atoms with Crippen molar-refractivity contribution in [1.29, 1.82) is 0 Å². The van der Waals surface area contributed by atoms with Crippen molar-refractivity contribution in [2.45, 2.75) is 187 Å². The van der Waals surface area contributed by atoms with Gasteiger partial charge in [0.2, 0.25) is 0 Å². The molecule has 51 heavy (non-hydrogen) atoms. The summed E-state index contributed by atoms with van der Waals surface area (Å²) < 4.78 is 33.3. The van der Waals surface area contributed by atoms with Crippen LogP contribution in [0.2, 0.25) is 0 Å². The Hall–Kier alpha value is -1.32. The molecule has 0 amide bonds. The summed E-state index contributed by atoms with van der Waals surface area (Å²) in [4.78, 5) is 22.5. The zero-order chi connectivity index (χ0) is 37.5. The molecule has 0 aromatic carbocycles. The second-order valence-corrected chi connectivity index (χ2v) is 15.1. The number of phosphoric ester groups is 1. The van der Waals surface area contributed by atoms with Gasteiger partial charge >= 0.3 is 13.8 Å². The van der Waals surface area contributed by atoms with Gasteiger partial charge in [-0.2, -0.15) is 0 Å². The monoisotopic (exact) mass is 745 g/mol. The average Bonchev–Trinajstić information content (AvgIpc) is 3.12. The van der Waals surface area contributed by atoms with E-state index in [1.54, 1.807) is 0 Å². The predicted molar refractivity (Wildman–Crippen MR) is 210 cm³/mol. The number of carbonyl (C=O) groups is 1. The average molecular weight is 745 g/mol. The van der Waals surface area contributed by atoms with Gasteiger partial charge in [0.05, 0.1) is 26.4 Å². The molecule has 0 radical (unpaired) electrons. The third-order valence-corrected chi connectivity index (χ3v) is 9.50. The molecular formula is C41H77O9P. The van der Waals surface area contributed by atoms with Crippen LogP contribution in [0.15, 0.2) is 36.5 Å². The first-order valence-corrected chi connectivity index (χ1v) is 22.0. The van der Waals surface area contributed by atoms with Gasteiger partial charge in [-0.25, -0.2) is 4.57 Å². The number of rotatable bonds is 39. The van der Waals surface area contributed by atoms with E-state index in [9.17, 15) is 19.4 Å². The van der Waals surface area contributed by atoms with Crippen molar-refractivity contribution < 1.29 is 43.0 Å². The molecule has 300 valence electrons. The van der Waals surface area contributed by atoms with Crippen molar-refractivity contribution in [2.24, 2.45) is 0 Å². The summed E-state index contributed by atoms with van der Waals surface area (Å²) in [5, 5.41) is 18.3. The Balaban J connectivity index is 4.23. The Morgan fingerprint density at radius 2 is 1.06 bits per heavy atom. The lowest BCUT2D eigenvalue weighted by atomic mass is 10.1. The molecule has 0 aliphatic heterocycles. The number of ether oxygens (including phenoxy) is 2. The summed E-state index contributed by atoms with van der Waals surface area (Å²) in [5.74, 6) is -0.397. The van der Waals surface area contributed by atoms with Crippen LogP contribution in [0.1, 0.15) is 174 Å². The van der Waals surface area contributed by atoms with Crippen molar-refractivity contribution in [3.8, 4) is 0 Å². The Kier molecular flexibility index (Phi) is 37.4. The third-order valence-electron chi connectivity index (χ3n) is 8.55. The number of phosphoric acid groups is 1. The number of aliphatic hydroxyl groups is 2. The highest BCUT2D eigenvalue weighted by Crippen LogP contribution is 2.43. The topological polar surface area (TPSA) is 132 Å². The molecule has 0 saturated heterocycles. The van der Waals surface area contributed by atoms with Crippen molar-refractivity contribution in [3.63, 3.8) is 0 Å². The van der Waals surface area contributed by atoms with E-state index in [4.69, 9.17) is 23.6 Å². The van der Waals surface area contributed by atoms with E-state index >= 15 is 0 Å². The molecule has 0 aliphatic rings. The van der Waals surface area contributed by atoms with Crippen LogP contribution in [-0.2, 0) is 27.9 Å². The molecule has 9 nitrogen and oxygen atoms in total. The molecule has 3 N–H and O–H groups in total. The zero-order valence-electron chi connectivity index (χ0n) is 32.6. The van der Waals surface area contributed by atoms with Gasteiger partial charge in [0.1, 0.15) is 12.2 Å². The highest BCUT2D eigenvalue weighted by atomic mass is 31.2. The highest BCUT2D eigenvalue weighted by molar-refractivity contribution is 7.47. The lowest BCUT2D eigenvalue weighted by Crippen LogP contribution is -2.29. The maximum Gasteiger partial charge on any atom is 0.472 e. The summed E-state index contributed by atoms with van der Waals surface area (Å²) >= 11 is 0. The van der Waals surface area contributed by atoms with Crippen LogP contribution in [-0.4, -0.2) is 66.3 Å². The smallest absolute Gasteiger partial charge is 0.457 e. The quantitative estimate of drug-likeness (QED) is 0.0243. The fourth-order valence-corrected chi connectivity index (χ4v) is 6.17. The van der Waals surface area contributed by atoms with Gasteiger partial charge in [-0.15, -0.1) is 0 Å². The van der Waals surface area contributed by atoms with Crippen LogP contribution in [0.4, 0.5) is 0 Å². The second kappa shape index (κ2) is 38.4. The fraction of sp³-hybridized carbons (Fsp3) is 0.829. The minimum atomic E-state index is -4.52. The van der Waals surface area contributed by atoms with Gasteiger partial charge < -0.3 is 24.6 Å². The van der Waals surface area contributed by atoms with E-state index < -0.39 is 39.2 Å². The van der Waals surface area contributed by atoms with Crippen molar-refractivity contribution >= 4 is 13.8 Å². The first kappa shape index (κ1) is 49.7. The summed E-state index contributed by atoms with van der Waals surface area (Å²) in [6, 6.07) is 0. The molecule has 0 fully saturated rings. The van der Waals surface area contributed by atoms with Crippen molar-refractivity contribution in [3.05, 3.63) is 36.5 Å². The lowest BCUT2D eigenvalue weighted by Gasteiger charge is -2.20. The minimum Gasteiger partial charge on any atom is -0.457 e. The van der Waals surface area contributed by atoms with Crippen LogP contribution >= 0.6 is 7.82 Å². The highest BCUT2D eigenvalue weighted by Gasteiger charge is 2.26. The van der Waals surface area contributed by atoms with Gasteiger partial charge in [-0.1, -0.05) is 134 Å². The molecule has 3 atom stereocenters. The van der Waals surface area contributed by atoms with E-state index in [1.807, 2.05) is 0 Å². The maximum atomic E-state index is 12.6. The van der Waals surface area contributed by atoms with E-state index in [0.717, 1.165) is 64.2 Å². The number of carbonyl (C=O) groups excluding carboxylic acids is 1. The lowest BCUT2D eigenvalue weighted by molar-refractivity contribution is -0.154. The number of aliphatic hydroxyl groups excluding tert-OH is 2. The largest absolute Gasteiger partial charge is 0.472 e. The van der Waals surface area contributed by atoms with Gasteiger partial charge in [-0.05, 0) is 70.6 Å². The SMILES string of the molecule is CCCCCC/C=C\C/C=C\CCCCCCCCOCC(COP(=O)(O)OCC(O)CO)OC(=O)CCCCCCC/C=C\CCCCCC. The predicted octanol–water partition coefficient (Wildman–Crippen LogP) is 10.9. The normalized spacial score (nSPS) is 14.5. The van der Waals surface area contributed by atoms with Crippen LogP contribution in [0.3, 0.4) is 0 Å². The van der Waals surface area contributed by atoms with E-state index in [0.29, 0.717) is 13.0 Å². The van der Waals surface area contributed by atoms with Crippen LogP contribution in [0.25, 0.3) is 0 Å². The number of unbranched alkanes of at least 4 members (excludes halogenated alkanes) is 19. The summed E-state index contributed by atoms with van der Waals surface area (Å²) in [7, 11) is -4.52. The Morgan fingerprint density at radius 1 is 0.608 bits per heavy atom. The zero-order valence-corrected chi connectivity index (χ0v) is 33.5. The van der Waals surface area contributed by atoms with Crippen LogP contribution < -0.4 is 0 Å².